The zero-order chi connectivity index (χ0) is 21.3. The quantitative estimate of drug-likeness (QED) is 0.591. The molecule has 0 spiro atoms. The molecule has 9 heteroatoms. The predicted octanol–water partition coefficient (Wildman–Crippen LogP) is 4.01. The summed E-state index contributed by atoms with van der Waals surface area (Å²) in [6.07, 6.45) is 2.24. The number of hydrazone groups is 1. The van der Waals surface area contributed by atoms with Gasteiger partial charge in [-0.15, -0.1) is 21.5 Å². The topological polar surface area (TPSA) is 88.0 Å². The summed E-state index contributed by atoms with van der Waals surface area (Å²) in [7, 11) is 0. The Kier molecular flexibility index (Phi) is 5.57. The Bertz CT molecular complexity index is 1020. The van der Waals surface area contributed by atoms with E-state index < -0.39 is 0 Å². The Hall–Kier alpha value is -2.78. The first kappa shape index (κ1) is 20.5. The number of nitrogens with zero attached hydrogens (tertiary/aromatic N) is 5. The summed E-state index contributed by atoms with van der Waals surface area (Å²) >= 11 is 1.63. The van der Waals surface area contributed by atoms with Gasteiger partial charge in [0.25, 0.3) is 5.91 Å². The molecule has 1 aliphatic rings. The standard InChI is InChI=1S/C21H25N5O3S/c1-14-22-23-19(29-14)12-25(21(2,3)4)13-20(27)26-16(18-8-6-10-30-18)11-15(24-26)17-7-5-9-28-17/h5-10,16H,11-13H2,1-4H3/t16-/m1/s1. The van der Waals surface area contributed by atoms with E-state index in [1.54, 1.807) is 29.5 Å². The number of carbonyl (C=O) groups is 1. The fraction of sp³-hybridized carbons (Fsp3) is 0.429. The maximum absolute atomic E-state index is 13.4. The fourth-order valence-electron chi connectivity index (χ4n) is 3.37. The summed E-state index contributed by atoms with van der Waals surface area (Å²) in [5.74, 6) is 1.61. The lowest BCUT2D eigenvalue weighted by atomic mass is 10.1. The lowest BCUT2D eigenvalue weighted by Gasteiger charge is -2.35. The van der Waals surface area contributed by atoms with Crippen molar-refractivity contribution in [3.05, 3.63) is 58.3 Å². The van der Waals surface area contributed by atoms with E-state index in [1.807, 2.05) is 34.5 Å². The third-order valence-electron chi connectivity index (χ3n) is 5.01. The van der Waals surface area contributed by atoms with E-state index in [0.717, 1.165) is 10.6 Å². The molecule has 4 rings (SSSR count). The van der Waals surface area contributed by atoms with Crippen LogP contribution in [0.15, 0.2) is 49.8 Å². The second kappa shape index (κ2) is 8.16. The Morgan fingerprint density at radius 1 is 1.30 bits per heavy atom. The Labute approximate surface area is 179 Å². The molecule has 4 heterocycles. The molecular formula is C21H25N5O3S. The maximum Gasteiger partial charge on any atom is 0.257 e. The largest absolute Gasteiger partial charge is 0.463 e. The van der Waals surface area contributed by atoms with Crippen molar-refractivity contribution in [3.63, 3.8) is 0 Å². The van der Waals surface area contributed by atoms with Crippen molar-refractivity contribution >= 4 is 23.0 Å². The molecule has 0 saturated heterocycles. The first-order valence-corrected chi connectivity index (χ1v) is 10.7. The monoisotopic (exact) mass is 427 g/mol. The number of amides is 1. The third kappa shape index (κ3) is 4.36. The van der Waals surface area contributed by atoms with E-state index in [0.29, 0.717) is 30.5 Å². The van der Waals surface area contributed by atoms with Crippen molar-refractivity contribution in [1.82, 2.24) is 20.1 Å². The fourth-order valence-corrected chi connectivity index (χ4v) is 4.18. The van der Waals surface area contributed by atoms with E-state index in [9.17, 15) is 4.79 Å². The van der Waals surface area contributed by atoms with Crippen molar-refractivity contribution in [1.29, 1.82) is 0 Å². The highest BCUT2D eigenvalue weighted by Crippen LogP contribution is 2.35. The van der Waals surface area contributed by atoms with Gasteiger partial charge >= 0.3 is 0 Å². The zero-order valence-corrected chi connectivity index (χ0v) is 18.3. The highest BCUT2D eigenvalue weighted by Gasteiger charge is 2.36. The molecule has 0 saturated carbocycles. The number of furan rings is 1. The summed E-state index contributed by atoms with van der Waals surface area (Å²) in [5.41, 5.74) is 0.505. The summed E-state index contributed by atoms with van der Waals surface area (Å²) in [6.45, 7) is 8.50. The van der Waals surface area contributed by atoms with E-state index in [4.69, 9.17) is 8.83 Å². The summed E-state index contributed by atoms with van der Waals surface area (Å²) in [6, 6.07) is 7.60. The molecule has 0 N–H and O–H groups in total. The second-order valence-electron chi connectivity index (χ2n) is 8.24. The summed E-state index contributed by atoms with van der Waals surface area (Å²) in [5, 5.41) is 16.2. The number of hydrogen-bond donors (Lipinski definition) is 0. The van der Waals surface area contributed by atoms with Crippen molar-refractivity contribution in [2.45, 2.75) is 52.2 Å². The number of carbonyl (C=O) groups excluding carboxylic acids is 1. The number of rotatable bonds is 6. The van der Waals surface area contributed by atoms with Crippen LogP contribution in [0.5, 0.6) is 0 Å². The Balaban J connectivity index is 1.57. The van der Waals surface area contributed by atoms with Gasteiger partial charge in [-0.2, -0.15) is 5.10 Å². The molecule has 0 fully saturated rings. The molecule has 0 aliphatic carbocycles. The van der Waals surface area contributed by atoms with Crippen LogP contribution in [0.25, 0.3) is 0 Å². The van der Waals surface area contributed by atoms with Crippen molar-refractivity contribution in [2.24, 2.45) is 5.10 Å². The predicted molar refractivity (Wildman–Crippen MR) is 113 cm³/mol. The second-order valence-corrected chi connectivity index (χ2v) is 9.22. The van der Waals surface area contributed by atoms with Gasteiger partial charge in [0.05, 0.1) is 25.4 Å². The van der Waals surface area contributed by atoms with Crippen molar-refractivity contribution in [2.75, 3.05) is 6.54 Å². The van der Waals surface area contributed by atoms with Crippen LogP contribution in [-0.4, -0.2) is 43.8 Å². The van der Waals surface area contributed by atoms with Gasteiger partial charge in [-0.3, -0.25) is 9.69 Å². The zero-order valence-electron chi connectivity index (χ0n) is 17.5. The van der Waals surface area contributed by atoms with Gasteiger partial charge in [-0.1, -0.05) is 6.07 Å². The van der Waals surface area contributed by atoms with Gasteiger partial charge in [0.15, 0.2) is 0 Å². The number of aryl methyl sites for hydroxylation is 1. The molecule has 8 nitrogen and oxygen atoms in total. The lowest BCUT2D eigenvalue weighted by molar-refractivity contribution is -0.135. The van der Waals surface area contributed by atoms with Gasteiger partial charge in [-0.25, -0.2) is 5.01 Å². The van der Waals surface area contributed by atoms with Crippen molar-refractivity contribution in [3.8, 4) is 0 Å². The molecule has 0 aromatic carbocycles. The molecule has 3 aromatic heterocycles. The molecule has 30 heavy (non-hydrogen) atoms. The van der Waals surface area contributed by atoms with Gasteiger partial charge in [0.2, 0.25) is 11.8 Å². The van der Waals surface area contributed by atoms with E-state index in [1.165, 1.54) is 0 Å². The molecule has 1 amide bonds. The molecule has 1 atom stereocenters. The van der Waals surface area contributed by atoms with E-state index in [2.05, 4.69) is 36.1 Å². The van der Waals surface area contributed by atoms with Crippen LogP contribution in [0.1, 0.15) is 55.7 Å². The van der Waals surface area contributed by atoms with E-state index >= 15 is 0 Å². The average Bonchev–Trinajstić information content (AvgIpc) is 3.45. The normalized spacial score (nSPS) is 17.0. The van der Waals surface area contributed by atoms with Gasteiger partial charge < -0.3 is 8.83 Å². The molecule has 3 aromatic rings. The molecule has 158 valence electrons. The summed E-state index contributed by atoms with van der Waals surface area (Å²) < 4.78 is 11.1. The lowest BCUT2D eigenvalue weighted by Crippen LogP contribution is -2.47. The molecule has 0 unspecified atom stereocenters. The van der Waals surface area contributed by atoms with Crippen LogP contribution in [0.3, 0.4) is 0 Å². The molecular weight excluding hydrogens is 402 g/mol. The highest BCUT2D eigenvalue weighted by molar-refractivity contribution is 7.10. The van der Waals surface area contributed by atoms with Crippen molar-refractivity contribution < 1.29 is 13.6 Å². The van der Waals surface area contributed by atoms with Gasteiger partial charge in [0.1, 0.15) is 11.5 Å². The minimum Gasteiger partial charge on any atom is -0.463 e. The summed E-state index contributed by atoms with van der Waals surface area (Å²) in [4.78, 5) is 16.5. The minimum absolute atomic E-state index is 0.0823. The van der Waals surface area contributed by atoms with Crippen LogP contribution in [0, 0.1) is 6.92 Å². The van der Waals surface area contributed by atoms with Crippen LogP contribution >= 0.6 is 11.3 Å². The van der Waals surface area contributed by atoms with Crippen LogP contribution < -0.4 is 0 Å². The van der Waals surface area contributed by atoms with Gasteiger partial charge in [-0.05, 0) is 44.4 Å². The number of hydrogen-bond acceptors (Lipinski definition) is 8. The van der Waals surface area contributed by atoms with Crippen LogP contribution in [0.4, 0.5) is 0 Å². The Morgan fingerprint density at radius 3 is 2.73 bits per heavy atom. The number of thiophene rings is 1. The molecule has 1 aliphatic heterocycles. The first-order chi connectivity index (χ1) is 14.3. The average molecular weight is 428 g/mol. The van der Waals surface area contributed by atoms with Gasteiger partial charge in [0, 0.05) is 23.8 Å². The Morgan fingerprint density at radius 2 is 2.13 bits per heavy atom. The van der Waals surface area contributed by atoms with Crippen LogP contribution in [0.2, 0.25) is 0 Å². The highest BCUT2D eigenvalue weighted by atomic mass is 32.1. The molecule has 0 radical (unpaired) electrons. The first-order valence-electron chi connectivity index (χ1n) is 9.82. The SMILES string of the molecule is Cc1nnc(CN(CC(=O)N2N=C(c3ccco3)C[C@@H]2c2cccs2)C(C)(C)C)o1. The van der Waals surface area contributed by atoms with Crippen LogP contribution in [-0.2, 0) is 11.3 Å². The third-order valence-corrected chi connectivity index (χ3v) is 5.99. The van der Waals surface area contributed by atoms with E-state index in [-0.39, 0.29) is 24.0 Å². The maximum atomic E-state index is 13.4. The molecule has 0 bridgehead atoms. The number of aromatic nitrogens is 2. The smallest absolute Gasteiger partial charge is 0.257 e. The minimum atomic E-state index is -0.274.